The minimum Gasteiger partial charge on any atom is -0.349 e. The number of nitrogens with one attached hydrogen (secondary N) is 2. The summed E-state index contributed by atoms with van der Waals surface area (Å²) in [6, 6.07) is 8.39. The number of quaternary nitrogens is 1. The van der Waals surface area contributed by atoms with Crippen LogP contribution in [0.25, 0.3) is 0 Å². The predicted octanol–water partition coefficient (Wildman–Crippen LogP) is 0.773. The summed E-state index contributed by atoms with van der Waals surface area (Å²) in [6.45, 7) is 10.00. The van der Waals surface area contributed by atoms with E-state index < -0.39 is 0 Å². The minimum atomic E-state index is -0.0177. The molecule has 2 amide bonds. The SMILES string of the molecule is CCCN(Cc1ccc(C)cc1)C(=O)C[NH+](C)CC(=O)NC(C)C. The third kappa shape index (κ3) is 7.59. The molecule has 0 aromatic heterocycles. The summed E-state index contributed by atoms with van der Waals surface area (Å²) in [5, 5.41) is 2.86. The largest absolute Gasteiger partial charge is 0.349 e. The molecule has 2 N–H and O–H groups in total. The van der Waals surface area contributed by atoms with Crippen LogP contribution in [0.1, 0.15) is 38.3 Å². The number of likely N-dealkylation sites (N-methyl/N-ethyl adjacent to an activating group) is 1. The Morgan fingerprint density at radius 3 is 2.33 bits per heavy atom. The Bertz CT molecular complexity index is 526. The summed E-state index contributed by atoms with van der Waals surface area (Å²) in [4.78, 5) is 27.2. The Labute approximate surface area is 146 Å². The van der Waals surface area contributed by atoms with Crippen molar-refractivity contribution in [1.29, 1.82) is 0 Å². The van der Waals surface area contributed by atoms with Gasteiger partial charge in [0.05, 0.1) is 7.05 Å². The van der Waals surface area contributed by atoms with Gasteiger partial charge in [-0.15, -0.1) is 0 Å². The summed E-state index contributed by atoms with van der Waals surface area (Å²) in [7, 11) is 1.88. The Hall–Kier alpha value is -1.88. The maximum atomic E-state index is 12.6. The molecule has 1 atom stereocenters. The van der Waals surface area contributed by atoms with Crippen LogP contribution in [0.3, 0.4) is 0 Å². The number of amides is 2. The fourth-order valence-electron chi connectivity index (χ4n) is 2.56. The second kappa shape index (κ2) is 10.1. The van der Waals surface area contributed by atoms with Crippen molar-refractivity contribution in [2.24, 2.45) is 0 Å². The minimum absolute atomic E-state index is 0.0177. The van der Waals surface area contributed by atoms with Gasteiger partial charge in [0.15, 0.2) is 13.1 Å². The van der Waals surface area contributed by atoms with Crippen molar-refractivity contribution in [2.45, 2.75) is 46.7 Å². The first kappa shape index (κ1) is 20.2. The first-order chi connectivity index (χ1) is 11.3. The lowest BCUT2D eigenvalue weighted by Crippen LogP contribution is -3.11. The molecule has 0 aliphatic carbocycles. The van der Waals surface area contributed by atoms with E-state index in [-0.39, 0.29) is 17.9 Å². The van der Waals surface area contributed by atoms with Crippen LogP contribution in [0.5, 0.6) is 0 Å². The first-order valence-corrected chi connectivity index (χ1v) is 8.75. The van der Waals surface area contributed by atoms with E-state index in [4.69, 9.17) is 0 Å². The Morgan fingerprint density at radius 2 is 1.79 bits per heavy atom. The van der Waals surface area contributed by atoms with Crippen LogP contribution in [0.15, 0.2) is 24.3 Å². The van der Waals surface area contributed by atoms with Gasteiger partial charge in [-0.2, -0.15) is 0 Å². The molecule has 1 rings (SSSR count). The van der Waals surface area contributed by atoms with Crippen LogP contribution in [0.4, 0.5) is 0 Å². The van der Waals surface area contributed by atoms with Crippen LogP contribution >= 0.6 is 0 Å². The second-order valence-corrected chi connectivity index (χ2v) is 6.83. The summed E-state index contributed by atoms with van der Waals surface area (Å²) < 4.78 is 0. The van der Waals surface area contributed by atoms with Crippen molar-refractivity contribution in [3.05, 3.63) is 35.4 Å². The fourth-order valence-corrected chi connectivity index (χ4v) is 2.56. The van der Waals surface area contributed by atoms with E-state index in [0.29, 0.717) is 19.6 Å². The van der Waals surface area contributed by atoms with E-state index in [2.05, 4.69) is 43.4 Å². The third-order valence-electron chi connectivity index (χ3n) is 3.71. The topological polar surface area (TPSA) is 53.9 Å². The van der Waals surface area contributed by atoms with Crippen molar-refractivity contribution in [3.8, 4) is 0 Å². The Morgan fingerprint density at radius 1 is 1.17 bits per heavy atom. The molecule has 1 unspecified atom stereocenters. The molecule has 1 aromatic rings. The van der Waals surface area contributed by atoms with Gasteiger partial charge in [0.1, 0.15) is 0 Å². The molecule has 0 fully saturated rings. The molecule has 5 heteroatoms. The molecule has 0 aliphatic rings. The van der Waals surface area contributed by atoms with E-state index in [9.17, 15) is 9.59 Å². The van der Waals surface area contributed by atoms with Crippen molar-refractivity contribution >= 4 is 11.8 Å². The number of rotatable bonds is 9. The van der Waals surface area contributed by atoms with E-state index in [1.165, 1.54) is 5.56 Å². The van der Waals surface area contributed by atoms with Crippen molar-refractivity contribution in [3.63, 3.8) is 0 Å². The standard InChI is InChI=1S/C19H31N3O2/c1-6-11-22(12-17-9-7-16(4)8-10-17)19(24)14-21(5)13-18(23)20-15(2)3/h7-10,15H,6,11-14H2,1-5H3,(H,20,23)/p+1. The number of aryl methyl sites for hydroxylation is 1. The van der Waals surface area contributed by atoms with E-state index >= 15 is 0 Å². The highest BCUT2D eigenvalue weighted by molar-refractivity contribution is 5.79. The number of carbonyl (C=O) groups is 2. The maximum Gasteiger partial charge on any atom is 0.278 e. The van der Waals surface area contributed by atoms with Gasteiger partial charge in [0.2, 0.25) is 0 Å². The van der Waals surface area contributed by atoms with E-state index in [1.54, 1.807) is 0 Å². The van der Waals surface area contributed by atoms with Gasteiger partial charge < -0.3 is 15.1 Å². The number of carbonyl (C=O) groups excluding carboxylic acids is 2. The van der Waals surface area contributed by atoms with Gasteiger partial charge in [0, 0.05) is 19.1 Å². The fraction of sp³-hybridized carbons (Fsp3) is 0.579. The van der Waals surface area contributed by atoms with E-state index in [0.717, 1.165) is 23.4 Å². The number of benzene rings is 1. The van der Waals surface area contributed by atoms with Crippen LogP contribution < -0.4 is 10.2 Å². The van der Waals surface area contributed by atoms with Crippen LogP contribution in [-0.4, -0.2) is 49.4 Å². The monoisotopic (exact) mass is 334 g/mol. The molecular weight excluding hydrogens is 302 g/mol. The molecule has 0 radical (unpaired) electrons. The lowest BCUT2D eigenvalue weighted by Gasteiger charge is -2.24. The van der Waals surface area contributed by atoms with Gasteiger partial charge in [0.25, 0.3) is 11.8 Å². The highest BCUT2D eigenvalue weighted by Crippen LogP contribution is 2.07. The highest BCUT2D eigenvalue weighted by atomic mass is 16.2. The summed E-state index contributed by atoms with van der Waals surface area (Å²) in [5.74, 6) is 0.0724. The van der Waals surface area contributed by atoms with Gasteiger partial charge in [-0.1, -0.05) is 36.8 Å². The zero-order valence-corrected chi connectivity index (χ0v) is 15.7. The lowest BCUT2D eigenvalue weighted by molar-refractivity contribution is -0.863. The highest BCUT2D eigenvalue weighted by Gasteiger charge is 2.19. The average molecular weight is 334 g/mol. The third-order valence-corrected chi connectivity index (χ3v) is 3.71. The lowest BCUT2D eigenvalue weighted by atomic mass is 10.1. The molecule has 1 aromatic carbocycles. The van der Waals surface area contributed by atoms with Crippen molar-refractivity contribution in [1.82, 2.24) is 10.2 Å². The molecule has 0 saturated heterocycles. The Balaban J connectivity index is 2.59. The molecule has 5 nitrogen and oxygen atoms in total. The number of hydrogen-bond acceptors (Lipinski definition) is 2. The molecule has 0 spiro atoms. The second-order valence-electron chi connectivity index (χ2n) is 6.83. The van der Waals surface area contributed by atoms with E-state index in [1.807, 2.05) is 25.8 Å². The molecule has 0 heterocycles. The zero-order valence-electron chi connectivity index (χ0n) is 15.7. The number of hydrogen-bond donors (Lipinski definition) is 2. The molecular formula is C19H32N3O2+. The number of nitrogens with zero attached hydrogens (tertiary/aromatic N) is 1. The van der Waals surface area contributed by atoms with Crippen LogP contribution in [0, 0.1) is 6.92 Å². The van der Waals surface area contributed by atoms with Gasteiger partial charge in [-0.05, 0) is 32.8 Å². The molecule has 0 bridgehead atoms. The Kier molecular flexibility index (Phi) is 8.47. The maximum absolute atomic E-state index is 12.6. The molecule has 24 heavy (non-hydrogen) atoms. The van der Waals surface area contributed by atoms with Crippen molar-refractivity contribution in [2.75, 3.05) is 26.7 Å². The average Bonchev–Trinajstić information content (AvgIpc) is 2.47. The summed E-state index contributed by atoms with van der Waals surface area (Å²) in [5.41, 5.74) is 2.35. The summed E-state index contributed by atoms with van der Waals surface area (Å²) in [6.07, 6.45) is 0.921. The predicted molar refractivity (Wildman–Crippen MR) is 96.8 cm³/mol. The molecule has 134 valence electrons. The van der Waals surface area contributed by atoms with Gasteiger partial charge in [-0.25, -0.2) is 0 Å². The normalized spacial score (nSPS) is 12.1. The summed E-state index contributed by atoms with van der Waals surface area (Å²) >= 11 is 0. The smallest absolute Gasteiger partial charge is 0.278 e. The van der Waals surface area contributed by atoms with Crippen LogP contribution in [0.2, 0.25) is 0 Å². The molecule has 0 saturated carbocycles. The van der Waals surface area contributed by atoms with Crippen LogP contribution in [-0.2, 0) is 16.1 Å². The van der Waals surface area contributed by atoms with Gasteiger partial charge in [-0.3, -0.25) is 9.59 Å². The van der Waals surface area contributed by atoms with Gasteiger partial charge >= 0.3 is 0 Å². The molecule has 0 aliphatic heterocycles. The quantitative estimate of drug-likeness (QED) is 0.701. The van der Waals surface area contributed by atoms with Crippen molar-refractivity contribution < 1.29 is 14.5 Å². The zero-order chi connectivity index (χ0) is 18.1. The first-order valence-electron chi connectivity index (χ1n) is 8.75.